The quantitative estimate of drug-likeness (QED) is 0.500. The Bertz CT molecular complexity index is 903. The molecule has 0 bridgehead atoms. The van der Waals surface area contributed by atoms with E-state index < -0.39 is 26.8 Å². The Morgan fingerprint density at radius 3 is 1.72 bits per heavy atom. The van der Waals surface area contributed by atoms with Crippen LogP contribution in [0.2, 0.25) is 13.1 Å². The van der Waals surface area contributed by atoms with E-state index in [-0.39, 0.29) is 24.8 Å². The summed E-state index contributed by atoms with van der Waals surface area (Å²) in [5.41, 5.74) is 9.71. The van der Waals surface area contributed by atoms with Crippen molar-refractivity contribution in [3.63, 3.8) is 0 Å². The molecule has 0 saturated heterocycles. The van der Waals surface area contributed by atoms with Gasteiger partial charge in [-0.25, -0.2) is 0 Å². The van der Waals surface area contributed by atoms with Crippen LogP contribution < -0.4 is 24.8 Å². The number of benzene rings is 2. The van der Waals surface area contributed by atoms with Crippen LogP contribution in [0.15, 0.2) is 60.7 Å². The van der Waals surface area contributed by atoms with Crippen molar-refractivity contribution in [3.05, 3.63) is 82.9 Å². The van der Waals surface area contributed by atoms with Crippen LogP contribution in [0.25, 0.3) is 11.1 Å². The molecule has 4 heteroatoms. The van der Waals surface area contributed by atoms with Gasteiger partial charge in [0.15, 0.2) is 0 Å². The Labute approximate surface area is 198 Å². The van der Waals surface area contributed by atoms with Crippen molar-refractivity contribution < 1.29 is 45.7 Å². The first-order valence-corrected chi connectivity index (χ1v) is 20.6. The van der Waals surface area contributed by atoms with Crippen LogP contribution >= 0.6 is 0 Å². The van der Waals surface area contributed by atoms with Gasteiger partial charge in [-0.15, -0.1) is 0 Å². The van der Waals surface area contributed by atoms with Gasteiger partial charge < -0.3 is 24.8 Å². The molecule has 29 heavy (non-hydrogen) atoms. The van der Waals surface area contributed by atoms with Crippen LogP contribution in [0.3, 0.4) is 0 Å². The first-order valence-electron chi connectivity index (χ1n) is 10.6. The summed E-state index contributed by atoms with van der Waals surface area (Å²) in [7, 11) is 0. The first kappa shape index (κ1) is 24.9. The minimum Gasteiger partial charge on any atom is -1.00 e. The van der Waals surface area contributed by atoms with Crippen LogP contribution in [0.5, 0.6) is 0 Å². The topological polar surface area (TPSA) is 0 Å². The predicted octanol–water partition coefficient (Wildman–Crippen LogP) is 1.08. The fourth-order valence-electron chi connectivity index (χ4n) is 5.14. The molecular formula is C25H31Cl2SiZr. The maximum Gasteiger partial charge on any atom is -1.00 e. The van der Waals surface area contributed by atoms with Crippen molar-refractivity contribution in [2.75, 3.05) is 0 Å². The Hall–Kier alpha value is -0.400. The van der Waals surface area contributed by atoms with E-state index in [0.717, 1.165) is 7.25 Å². The number of halogens is 2. The maximum absolute atomic E-state index is 2.73. The van der Waals surface area contributed by atoms with Crippen LogP contribution in [-0.2, 0) is 20.9 Å². The predicted molar refractivity (Wildman–Crippen MR) is 118 cm³/mol. The van der Waals surface area contributed by atoms with Gasteiger partial charge in [0, 0.05) is 0 Å². The first-order chi connectivity index (χ1) is 13.2. The molecule has 0 radical (unpaired) electrons. The molecule has 153 valence electrons. The second kappa shape index (κ2) is 10.8. The summed E-state index contributed by atoms with van der Waals surface area (Å²) in [5, 5.41) is 0. The van der Waals surface area contributed by atoms with Crippen LogP contribution in [0, 0.1) is 0 Å². The number of allylic oxidation sites excluding steroid dienone is 4. The van der Waals surface area contributed by atoms with Crippen LogP contribution in [0.4, 0.5) is 0 Å². The number of hydrogen-bond acceptors (Lipinski definition) is 0. The van der Waals surface area contributed by atoms with Gasteiger partial charge in [-0.2, -0.15) is 0 Å². The monoisotopic (exact) mass is 519 g/mol. The third-order valence-electron chi connectivity index (χ3n) is 6.30. The molecule has 2 aliphatic rings. The van der Waals surface area contributed by atoms with Gasteiger partial charge in [-0.05, 0) is 0 Å². The molecule has 0 spiro atoms. The molecule has 0 N–H and O–H groups in total. The summed E-state index contributed by atoms with van der Waals surface area (Å²) in [5.74, 6) is -0.687. The minimum absolute atomic E-state index is 0. The minimum atomic E-state index is -1.75. The van der Waals surface area contributed by atoms with E-state index in [1.54, 1.807) is 33.4 Å². The zero-order chi connectivity index (χ0) is 19.0. The average molecular weight is 522 g/mol. The van der Waals surface area contributed by atoms with Crippen molar-refractivity contribution in [3.8, 4) is 0 Å². The molecule has 0 fully saturated rings. The van der Waals surface area contributed by atoms with Crippen molar-refractivity contribution in [2.45, 2.75) is 53.5 Å². The fourth-order valence-corrected chi connectivity index (χ4v) is 26.3. The van der Waals surface area contributed by atoms with Crippen molar-refractivity contribution >= 4 is 17.1 Å². The molecule has 0 nitrogen and oxygen atoms in total. The molecule has 0 amide bonds. The standard InChI is InChI=1S/C12H13.C11H11.C2H7Si.2ClH.Zr/c1-2-5-10-8-9-11-6-3-4-7-12(10)11;1-2-9-7-8-10-5-3-4-6-11(9)10;1-3-2;;;/h3-4,6-9H,2,5H2,1H3;3-8H,2H2,1H3;3H,1-2H3;2*1H;/q;;;;;+2/p-2. The Kier molecular flexibility index (Phi) is 9.23. The van der Waals surface area contributed by atoms with Crippen LogP contribution in [-0.4, -0.2) is 5.92 Å². The summed E-state index contributed by atoms with van der Waals surface area (Å²) >= 11 is -1.75. The van der Waals surface area contributed by atoms with Crippen molar-refractivity contribution in [1.29, 1.82) is 0 Å². The van der Waals surface area contributed by atoms with E-state index in [0.29, 0.717) is 0 Å². The average Bonchev–Trinajstić information content (AvgIpc) is 3.22. The van der Waals surface area contributed by atoms with E-state index in [1.807, 2.05) is 0 Å². The molecule has 4 rings (SSSR count). The molecule has 2 aromatic carbocycles. The van der Waals surface area contributed by atoms with E-state index >= 15 is 0 Å². The van der Waals surface area contributed by atoms with Crippen molar-refractivity contribution in [2.24, 2.45) is 0 Å². The van der Waals surface area contributed by atoms with Gasteiger partial charge in [-0.3, -0.25) is 0 Å². The second-order valence-corrected chi connectivity index (χ2v) is 28.6. The summed E-state index contributed by atoms with van der Waals surface area (Å²) in [4.78, 5) is 0. The summed E-state index contributed by atoms with van der Waals surface area (Å²) in [6, 6.07) is 18.6. The smallest absolute Gasteiger partial charge is 1.00 e. The largest absolute Gasteiger partial charge is 1.00 e. The van der Waals surface area contributed by atoms with Gasteiger partial charge in [0.1, 0.15) is 0 Å². The molecule has 0 aliphatic heterocycles. The van der Waals surface area contributed by atoms with Crippen molar-refractivity contribution in [1.82, 2.24) is 0 Å². The summed E-state index contributed by atoms with van der Waals surface area (Å²) in [6.07, 6.45) is 9.09. The summed E-state index contributed by atoms with van der Waals surface area (Å²) in [6.45, 7) is 9.93. The number of rotatable bonds is 6. The number of fused-ring (bicyclic) bond motifs is 2. The van der Waals surface area contributed by atoms with Gasteiger partial charge in [0.2, 0.25) is 0 Å². The van der Waals surface area contributed by atoms with Gasteiger partial charge in [0.05, 0.1) is 0 Å². The Morgan fingerprint density at radius 1 is 0.759 bits per heavy atom. The molecular weight excluding hydrogens is 490 g/mol. The second-order valence-electron chi connectivity index (χ2n) is 8.27. The molecule has 0 heterocycles. The third-order valence-corrected chi connectivity index (χ3v) is 27.6. The zero-order valence-electron chi connectivity index (χ0n) is 17.9. The molecule has 2 aromatic rings. The molecule has 2 aliphatic carbocycles. The Morgan fingerprint density at radius 2 is 1.24 bits per heavy atom. The van der Waals surface area contributed by atoms with E-state index in [4.69, 9.17) is 0 Å². The SMILES string of the molecule is CCCC1=C[CH]([Zr+2]([CH]2C=C(CC)c3ccccc32)[SiH](C)C)c2ccccc21.[Cl-].[Cl-]. The van der Waals surface area contributed by atoms with Gasteiger partial charge >= 0.3 is 174 Å². The Balaban J connectivity index is 0.00000150. The van der Waals surface area contributed by atoms with E-state index in [1.165, 1.54) is 19.3 Å². The summed E-state index contributed by atoms with van der Waals surface area (Å²) < 4.78 is 1.56. The number of hydrogen-bond donors (Lipinski definition) is 0. The van der Waals surface area contributed by atoms with E-state index in [2.05, 4.69) is 87.6 Å². The van der Waals surface area contributed by atoms with E-state index in [9.17, 15) is 0 Å². The van der Waals surface area contributed by atoms with Gasteiger partial charge in [0.25, 0.3) is 0 Å². The fraction of sp³-hybridized carbons (Fsp3) is 0.360. The zero-order valence-corrected chi connectivity index (χ0v) is 23.0. The van der Waals surface area contributed by atoms with Gasteiger partial charge in [-0.1, -0.05) is 0 Å². The molecule has 2 atom stereocenters. The molecule has 2 unspecified atom stereocenters. The normalized spacial score (nSPS) is 18.9. The van der Waals surface area contributed by atoms with Crippen LogP contribution in [0.1, 0.15) is 62.6 Å². The molecule has 0 aromatic heterocycles. The maximum atomic E-state index is 2.73. The third kappa shape index (κ3) is 4.62. The molecule has 0 saturated carbocycles.